The summed E-state index contributed by atoms with van der Waals surface area (Å²) in [6.45, 7) is 7.14. The van der Waals surface area contributed by atoms with Gasteiger partial charge in [0.2, 0.25) is 0 Å². The van der Waals surface area contributed by atoms with Gasteiger partial charge in [-0.25, -0.2) is 18.2 Å². The molecule has 0 saturated carbocycles. The third kappa shape index (κ3) is 6.91. The first-order valence-corrected chi connectivity index (χ1v) is 13.0. The molecule has 0 radical (unpaired) electrons. The van der Waals surface area contributed by atoms with E-state index in [0.717, 1.165) is 32.4 Å². The van der Waals surface area contributed by atoms with E-state index in [1.807, 2.05) is 18.7 Å². The van der Waals surface area contributed by atoms with Gasteiger partial charge >= 0.3 is 5.97 Å². The molecule has 1 aliphatic rings. The Kier molecular flexibility index (Phi) is 8.87. The molecule has 0 atom stereocenters. The fourth-order valence-corrected chi connectivity index (χ4v) is 5.11. The number of piperidine rings is 1. The Balaban J connectivity index is 1.70. The molecule has 186 valence electrons. The number of nitrogens with one attached hydrogen (secondary N) is 1. The van der Waals surface area contributed by atoms with Crippen LogP contribution in [0.2, 0.25) is 0 Å². The van der Waals surface area contributed by atoms with Crippen molar-refractivity contribution in [1.82, 2.24) is 9.88 Å². The zero-order valence-electron chi connectivity index (χ0n) is 20.0. The van der Waals surface area contributed by atoms with Crippen LogP contribution in [0.15, 0.2) is 47.5 Å². The van der Waals surface area contributed by atoms with E-state index in [9.17, 15) is 18.3 Å². The number of benzene rings is 1. The molecule has 0 aliphatic carbocycles. The minimum absolute atomic E-state index is 0.0762. The van der Waals surface area contributed by atoms with Crippen molar-refractivity contribution < 1.29 is 23.1 Å². The highest BCUT2D eigenvalue weighted by molar-refractivity contribution is 7.92. The van der Waals surface area contributed by atoms with E-state index in [0.29, 0.717) is 24.9 Å². The van der Waals surface area contributed by atoms with Gasteiger partial charge in [-0.3, -0.25) is 4.72 Å². The van der Waals surface area contributed by atoms with Gasteiger partial charge in [-0.05, 0) is 58.4 Å². The minimum atomic E-state index is -3.89. The van der Waals surface area contributed by atoms with Gasteiger partial charge in [-0.15, -0.1) is 0 Å². The lowest BCUT2D eigenvalue weighted by Crippen LogP contribution is -2.44. The third-order valence-electron chi connectivity index (χ3n) is 5.91. The van der Waals surface area contributed by atoms with Crippen LogP contribution in [-0.2, 0) is 14.8 Å². The Bertz CT molecular complexity index is 1050. The number of ether oxygens (including phenoxy) is 1. The fourth-order valence-electron chi connectivity index (χ4n) is 4.04. The molecule has 0 spiro atoms. The maximum Gasteiger partial charge on any atom is 0.337 e. The average Bonchev–Trinajstić information content (AvgIpc) is 2.82. The summed E-state index contributed by atoms with van der Waals surface area (Å²) in [7, 11) is -1.77. The molecule has 1 saturated heterocycles. The molecule has 1 fully saturated rings. The van der Waals surface area contributed by atoms with Crippen LogP contribution < -0.4 is 9.62 Å². The predicted octanol–water partition coefficient (Wildman–Crippen LogP) is 3.30. The van der Waals surface area contributed by atoms with E-state index in [2.05, 4.69) is 21.7 Å². The van der Waals surface area contributed by atoms with Crippen molar-refractivity contribution in [3.63, 3.8) is 0 Å². The molecular formula is C24H34N4O5S. The molecule has 1 aromatic carbocycles. The second-order valence-electron chi connectivity index (χ2n) is 8.79. The molecule has 1 aromatic heterocycles. The van der Waals surface area contributed by atoms with Gasteiger partial charge in [0, 0.05) is 38.5 Å². The van der Waals surface area contributed by atoms with Crippen molar-refractivity contribution in [2.45, 2.75) is 50.2 Å². The standard InChI is InChI=1S/C24H34N4O5S/c1-18(2)33-15-7-12-27(3)20-10-13-28(14-11-20)23-22(16-19(17-25-23)24(29)30)26-34(31,32)21-8-5-4-6-9-21/h4-6,8-9,16-18,20,26H,7,10-15H2,1-3H3,(H,29,30). The normalized spacial score (nSPS) is 15.1. The Morgan fingerprint density at radius 2 is 1.94 bits per heavy atom. The van der Waals surface area contributed by atoms with Crippen LogP contribution in [0.1, 0.15) is 43.5 Å². The molecule has 10 heteroatoms. The van der Waals surface area contributed by atoms with Crippen molar-refractivity contribution in [2.75, 3.05) is 42.9 Å². The maximum atomic E-state index is 12.9. The van der Waals surface area contributed by atoms with E-state index in [-0.39, 0.29) is 22.3 Å². The van der Waals surface area contributed by atoms with Crippen LogP contribution in [0, 0.1) is 0 Å². The number of pyridine rings is 1. The highest BCUT2D eigenvalue weighted by atomic mass is 32.2. The van der Waals surface area contributed by atoms with E-state index >= 15 is 0 Å². The smallest absolute Gasteiger partial charge is 0.337 e. The lowest BCUT2D eigenvalue weighted by atomic mass is 10.0. The van der Waals surface area contributed by atoms with Crippen LogP contribution in [0.5, 0.6) is 0 Å². The summed E-state index contributed by atoms with van der Waals surface area (Å²) in [5, 5.41) is 9.40. The van der Waals surface area contributed by atoms with Crippen LogP contribution in [-0.4, -0.2) is 74.8 Å². The first-order chi connectivity index (χ1) is 16.2. The van der Waals surface area contributed by atoms with Gasteiger partial charge < -0.3 is 19.6 Å². The first kappa shape index (κ1) is 25.9. The molecule has 2 aromatic rings. The Labute approximate surface area is 201 Å². The third-order valence-corrected chi connectivity index (χ3v) is 7.29. The van der Waals surface area contributed by atoms with Crippen molar-refractivity contribution in [3.8, 4) is 0 Å². The number of aromatic nitrogens is 1. The zero-order chi connectivity index (χ0) is 24.7. The van der Waals surface area contributed by atoms with Crippen LogP contribution in [0.4, 0.5) is 11.5 Å². The summed E-state index contributed by atoms with van der Waals surface area (Å²) in [5.74, 6) is -0.725. The minimum Gasteiger partial charge on any atom is -0.478 e. The number of carboxylic acid groups (broad SMARTS) is 1. The summed E-state index contributed by atoms with van der Waals surface area (Å²) in [5.41, 5.74) is 0.0918. The average molecular weight is 491 g/mol. The predicted molar refractivity (Wildman–Crippen MR) is 132 cm³/mol. The lowest BCUT2D eigenvalue weighted by Gasteiger charge is -2.38. The zero-order valence-corrected chi connectivity index (χ0v) is 20.8. The number of nitrogens with zero attached hydrogens (tertiary/aromatic N) is 3. The number of carboxylic acids is 1. The molecule has 3 rings (SSSR count). The number of hydrogen-bond acceptors (Lipinski definition) is 7. The van der Waals surface area contributed by atoms with Crippen molar-refractivity contribution >= 4 is 27.5 Å². The van der Waals surface area contributed by atoms with Crippen molar-refractivity contribution in [3.05, 3.63) is 48.2 Å². The van der Waals surface area contributed by atoms with E-state index in [1.165, 1.54) is 24.4 Å². The maximum absolute atomic E-state index is 12.9. The molecule has 9 nitrogen and oxygen atoms in total. The topological polar surface area (TPSA) is 112 Å². The number of anilines is 2. The number of rotatable bonds is 11. The molecule has 34 heavy (non-hydrogen) atoms. The first-order valence-electron chi connectivity index (χ1n) is 11.6. The fraction of sp³-hybridized carbons (Fsp3) is 0.500. The molecule has 1 aliphatic heterocycles. The largest absolute Gasteiger partial charge is 0.478 e. The number of carbonyl (C=O) groups is 1. The van der Waals surface area contributed by atoms with Gasteiger partial charge in [-0.2, -0.15) is 0 Å². The number of aromatic carboxylic acids is 1. The Morgan fingerprint density at radius 3 is 2.56 bits per heavy atom. The van der Waals surface area contributed by atoms with Crippen molar-refractivity contribution in [2.24, 2.45) is 0 Å². The highest BCUT2D eigenvalue weighted by Crippen LogP contribution is 2.30. The number of sulfonamides is 1. The summed E-state index contributed by atoms with van der Waals surface area (Å²) in [6, 6.07) is 9.73. The van der Waals surface area contributed by atoms with Gasteiger partial charge in [0.1, 0.15) is 0 Å². The summed E-state index contributed by atoms with van der Waals surface area (Å²) in [4.78, 5) is 20.3. The quantitative estimate of drug-likeness (QED) is 0.462. The van der Waals surface area contributed by atoms with Gasteiger partial charge in [0.15, 0.2) is 5.82 Å². The van der Waals surface area contributed by atoms with Gasteiger partial charge in [-0.1, -0.05) is 18.2 Å². The van der Waals surface area contributed by atoms with E-state index in [1.54, 1.807) is 18.2 Å². The second kappa shape index (κ2) is 11.6. The molecular weight excluding hydrogens is 456 g/mol. The van der Waals surface area contributed by atoms with Crippen LogP contribution >= 0.6 is 0 Å². The monoisotopic (exact) mass is 490 g/mol. The van der Waals surface area contributed by atoms with Gasteiger partial charge in [0.05, 0.1) is 22.3 Å². The van der Waals surface area contributed by atoms with Crippen molar-refractivity contribution in [1.29, 1.82) is 0 Å². The van der Waals surface area contributed by atoms with Crippen LogP contribution in [0.3, 0.4) is 0 Å². The van der Waals surface area contributed by atoms with Crippen LogP contribution in [0.25, 0.3) is 0 Å². The van der Waals surface area contributed by atoms with Gasteiger partial charge in [0.25, 0.3) is 10.0 Å². The summed E-state index contributed by atoms with van der Waals surface area (Å²) >= 11 is 0. The summed E-state index contributed by atoms with van der Waals surface area (Å²) in [6.07, 6.45) is 4.27. The number of hydrogen-bond donors (Lipinski definition) is 2. The SMILES string of the molecule is CC(C)OCCCN(C)C1CCN(c2ncc(C(=O)O)cc2NS(=O)(=O)c2ccccc2)CC1. The highest BCUT2D eigenvalue weighted by Gasteiger charge is 2.26. The lowest BCUT2D eigenvalue weighted by molar-refractivity contribution is 0.0681. The van der Waals surface area contributed by atoms with E-state index < -0.39 is 16.0 Å². The van der Waals surface area contributed by atoms with E-state index in [4.69, 9.17) is 4.74 Å². The second-order valence-corrected chi connectivity index (χ2v) is 10.5. The Hall–Kier alpha value is -2.69. The molecule has 2 N–H and O–H groups in total. The molecule has 0 unspecified atom stereocenters. The Morgan fingerprint density at radius 1 is 1.26 bits per heavy atom. The molecule has 0 amide bonds. The summed E-state index contributed by atoms with van der Waals surface area (Å²) < 4.78 is 34.0. The molecule has 0 bridgehead atoms. The molecule has 2 heterocycles.